The Morgan fingerprint density at radius 3 is 2.62 bits per heavy atom. The predicted octanol–water partition coefficient (Wildman–Crippen LogP) is 3.28. The lowest BCUT2D eigenvalue weighted by molar-refractivity contribution is -0.138. The maximum atomic E-state index is 13.1. The van der Waals surface area contributed by atoms with Gasteiger partial charge in [-0.05, 0) is 41.8 Å². The molecule has 6 nitrogen and oxygen atoms in total. The van der Waals surface area contributed by atoms with Crippen molar-refractivity contribution in [1.82, 2.24) is 5.32 Å². The highest BCUT2D eigenvalue weighted by Gasteiger charge is 2.37. The Morgan fingerprint density at radius 2 is 1.91 bits per heavy atom. The van der Waals surface area contributed by atoms with Crippen molar-refractivity contribution in [2.45, 2.75) is 32.5 Å². The molecule has 2 aromatic carbocycles. The van der Waals surface area contributed by atoms with Crippen molar-refractivity contribution < 1.29 is 27.6 Å². The molecule has 1 N–H and O–H groups in total. The second kappa shape index (κ2) is 8.29. The van der Waals surface area contributed by atoms with E-state index in [1.165, 1.54) is 30.0 Å². The number of hydrogen-bond donors (Lipinski definition) is 1. The Kier molecular flexibility index (Phi) is 5.66. The van der Waals surface area contributed by atoms with Crippen LogP contribution in [0.4, 0.5) is 24.5 Å². The minimum absolute atomic E-state index is 0.0105. The van der Waals surface area contributed by atoms with E-state index in [1.807, 2.05) is 6.07 Å². The van der Waals surface area contributed by atoms with E-state index in [1.54, 1.807) is 17.0 Å². The Hall–Kier alpha value is -3.36. The van der Waals surface area contributed by atoms with Crippen LogP contribution in [0.2, 0.25) is 0 Å². The fraction of sp³-hybridized carbons (Fsp3) is 0.348. The van der Waals surface area contributed by atoms with Gasteiger partial charge in [0, 0.05) is 44.4 Å². The van der Waals surface area contributed by atoms with Crippen molar-refractivity contribution in [3.8, 4) is 0 Å². The van der Waals surface area contributed by atoms with Crippen LogP contribution in [0.15, 0.2) is 42.5 Å². The first-order valence-corrected chi connectivity index (χ1v) is 10.3. The molecule has 1 atom stereocenters. The largest absolute Gasteiger partial charge is 0.416 e. The van der Waals surface area contributed by atoms with Gasteiger partial charge in [-0.3, -0.25) is 14.4 Å². The van der Waals surface area contributed by atoms with E-state index >= 15 is 0 Å². The number of fused-ring (bicyclic) bond motifs is 1. The van der Waals surface area contributed by atoms with Crippen molar-refractivity contribution in [1.29, 1.82) is 0 Å². The highest BCUT2D eigenvalue weighted by molar-refractivity contribution is 6.01. The number of carbonyl (C=O) groups is 3. The summed E-state index contributed by atoms with van der Waals surface area (Å²) >= 11 is 0. The van der Waals surface area contributed by atoms with Gasteiger partial charge in [0.25, 0.3) is 0 Å². The lowest BCUT2D eigenvalue weighted by Gasteiger charge is -2.19. The van der Waals surface area contributed by atoms with Crippen LogP contribution in [0, 0.1) is 5.92 Å². The van der Waals surface area contributed by atoms with E-state index in [0.717, 1.165) is 17.3 Å². The molecule has 0 aliphatic carbocycles. The first-order valence-electron chi connectivity index (χ1n) is 10.3. The number of anilines is 2. The maximum Gasteiger partial charge on any atom is 0.416 e. The van der Waals surface area contributed by atoms with Crippen LogP contribution in [0.5, 0.6) is 0 Å². The maximum absolute atomic E-state index is 13.1. The molecule has 4 rings (SSSR count). The molecule has 1 fully saturated rings. The van der Waals surface area contributed by atoms with Crippen molar-refractivity contribution in [3.63, 3.8) is 0 Å². The number of halogens is 3. The van der Waals surface area contributed by atoms with Crippen molar-refractivity contribution in [3.05, 3.63) is 59.2 Å². The first kappa shape index (κ1) is 21.9. The zero-order valence-corrected chi connectivity index (χ0v) is 17.4. The lowest BCUT2D eigenvalue weighted by Crippen LogP contribution is -2.33. The summed E-state index contributed by atoms with van der Waals surface area (Å²) in [7, 11) is 0. The van der Waals surface area contributed by atoms with Gasteiger partial charge in [-0.25, -0.2) is 0 Å². The first-order chi connectivity index (χ1) is 15.1. The smallest absolute Gasteiger partial charge is 0.352 e. The molecule has 2 aromatic rings. The van der Waals surface area contributed by atoms with E-state index in [0.29, 0.717) is 18.7 Å². The van der Waals surface area contributed by atoms with Gasteiger partial charge in [-0.1, -0.05) is 18.2 Å². The minimum Gasteiger partial charge on any atom is -0.352 e. The predicted molar refractivity (Wildman–Crippen MR) is 112 cm³/mol. The zero-order valence-electron chi connectivity index (χ0n) is 17.4. The Bertz CT molecular complexity index is 1080. The minimum atomic E-state index is -4.51. The molecule has 2 aliphatic rings. The van der Waals surface area contributed by atoms with Gasteiger partial charge in [0.2, 0.25) is 17.7 Å². The third kappa shape index (κ3) is 4.19. The van der Waals surface area contributed by atoms with E-state index in [-0.39, 0.29) is 36.9 Å². The van der Waals surface area contributed by atoms with Crippen LogP contribution in [0.25, 0.3) is 0 Å². The summed E-state index contributed by atoms with van der Waals surface area (Å²) in [5, 5.41) is 2.54. The third-order valence-electron chi connectivity index (χ3n) is 5.92. The number of amides is 3. The van der Waals surface area contributed by atoms with Gasteiger partial charge in [0.1, 0.15) is 0 Å². The van der Waals surface area contributed by atoms with Gasteiger partial charge in [-0.15, -0.1) is 0 Å². The summed E-state index contributed by atoms with van der Waals surface area (Å²) in [6.45, 7) is 1.98. The van der Waals surface area contributed by atoms with Crippen molar-refractivity contribution >= 4 is 29.1 Å². The second-order valence-corrected chi connectivity index (χ2v) is 8.01. The summed E-state index contributed by atoms with van der Waals surface area (Å²) in [6.07, 6.45) is -3.83. The van der Waals surface area contributed by atoms with E-state index in [9.17, 15) is 27.6 Å². The highest BCUT2D eigenvalue weighted by Crippen LogP contribution is 2.34. The molecule has 0 aromatic heterocycles. The molecular formula is C23H22F3N3O3. The van der Waals surface area contributed by atoms with Crippen LogP contribution in [0.3, 0.4) is 0 Å². The SMILES string of the molecule is CC(=O)N1CCc2cc(N3C[C@@H](C(=O)NCc4ccccc4C(F)(F)F)CC3=O)ccc21. The highest BCUT2D eigenvalue weighted by atomic mass is 19.4. The summed E-state index contributed by atoms with van der Waals surface area (Å²) in [4.78, 5) is 40.1. The Labute approximate surface area is 183 Å². The van der Waals surface area contributed by atoms with Crippen LogP contribution >= 0.6 is 0 Å². The van der Waals surface area contributed by atoms with Crippen LogP contribution < -0.4 is 15.1 Å². The number of rotatable bonds is 4. The Balaban J connectivity index is 1.42. The van der Waals surface area contributed by atoms with E-state index in [2.05, 4.69) is 5.32 Å². The molecule has 0 unspecified atom stereocenters. The molecule has 0 bridgehead atoms. The molecular weight excluding hydrogens is 423 g/mol. The quantitative estimate of drug-likeness (QED) is 0.785. The van der Waals surface area contributed by atoms with Crippen molar-refractivity contribution in [2.75, 3.05) is 22.9 Å². The summed E-state index contributed by atoms with van der Waals surface area (Å²) < 4.78 is 39.4. The molecule has 168 valence electrons. The molecule has 2 heterocycles. The Morgan fingerprint density at radius 1 is 1.16 bits per heavy atom. The fourth-order valence-corrected chi connectivity index (χ4v) is 4.29. The topological polar surface area (TPSA) is 69.7 Å². The monoisotopic (exact) mass is 445 g/mol. The second-order valence-electron chi connectivity index (χ2n) is 8.01. The lowest BCUT2D eigenvalue weighted by atomic mass is 10.1. The normalized spacial score (nSPS) is 18.1. The number of hydrogen-bond acceptors (Lipinski definition) is 3. The zero-order chi connectivity index (χ0) is 23.0. The fourth-order valence-electron chi connectivity index (χ4n) is 4.29. The van der Waals surface area contributed by atoms with Crippen LogP contribution in [-0.2, 0) is 33.5 Å². The molecule has 0 radical (unpaired) electrons. The number of nitrogens with zero attached hydrogens (tertiary/aromatic N) is 2. The third-order valence-corrected chi connectivity index (χ3v) is 5.92. The number of benzene rings is 2. The summed E-state index contributed by atoms with van der Waals surface area (Å²) in [6, 6.07) is 10.5. The van der Waals surface area contributed by atoms with E-state index < -0.39 is 23.6 Å². The molecule has 9 heteroatoms. The molecule has 0 spiro atoms. The van der Waals surface area contributed by atoms with Crippen LogP contribution in [-0.4, -0.2) is 30.8 Å². The van der Waals surface area contributed by atoms with Gasteiger partial charge in [0.15, 0.2) is 0 Å². The number of nitrogens with one attached hydrogen (secondary N) is 1. The number of carbonyl (C=O) groups excluding carboxylic acids is 3. The standard InChI is InChI=1S/C23H22F3N3O3/c1-14(30)28-9-8-15-10-18(6-7-20(15)28)29-13-17(11-21(29)31)22(32)27-12-16-4-2-3-5-19(16)23(24,25)26/h2-7,10,17H,8-9,11-13H2,1H3,(H,27,32)/t17-/m0/s1. The summed E-state index contributed by atoms with van der Waals surface area (Å²) in [5.41, 5.74) is 1.62. The molecule has 32 heavy (non-hydrogen) atoms. The van der Waals surface area contributed by atoms with Gasteiger partial charge in [-0.2, -0.15) is 13.2 Å². The van der Waals surface area contributed by atoms with Gasteiger partial charge in [0.05, 0.1) is 11.5 Å². The number of alkyl halides is 3. The summed E-state index contributed by atoms with van der Waals surface area (Å²) in [5.74, 6) is -1.37. The average molecular weight is 445 g/mol. The van der Waals surface area contributed by atoms with Crippen LogP contribution in [0.1, 0.15) is 30.0 Å². The van der Waals surface area contributed by atoms with Gasteiger partial charge >= 0.3 is 6.18 Å². The van der Waals surface area contributed by atoms with Crippen molar-refractivity contribution in [2.24, 2.45) is 5.92 Å². The van der Waals surface area contributed by atoms with Gasteiger partial charge < -0.3 is 15.1 Å². The van der Waals surface area contributed by atoms with E-state index in [4.69, 9.17) is 0 Å². The molecule has 2 aliphatic heterocycles. The average Bonchev–Trinajstić information content (AvgIpc) is 3.34. The molecule has 3 amide bonds. The molecule has 1 saturated heterocycles. The molecule has 0 saturated carbocycles.